The summed E-state index contributed by atoms with van der Waals surface area (Å²) in [6, 6.07) is 0.205. The molecule has 2 saturated carbocycles. The molecule has 0 spiro atoms. The zero-order valence-corrected chi connectivity index (χ0v) is 18.5. The van der Waals surface area contributed by atoms with Gasteiger partial charge in [-0.3, -0.25) is 14.4 Å². The van der Waals surface area contributed by atoms with E-state index in [-0.39, 0.29) is 29.7 Å². The van der Waals surface area contributed by atoms with Crippen LogP contribution in [0.25, 0.3) is 0 Å². The maximum atomic E-state index is 13.3. The second-order valence-electron chi connectivity index (χ2n) is 9.55. The van der Waals surface area contributed by atoms with Gasteiger partial charge in [-0.2, -0.15) is 0 Å². The van der Waals surface area contributed by atoms with E-state index in [0.29, 0.717) is 10.6 Å². The fraction of sp³-hybridized carbons (Fsp3) is 0.625. The third-order valence-electron chi connectivity index (χ3n) is 7.62. The van der Waals surface area contributed by atoms with Gasteiger partial charge in [0.25, 0.3) is 5.91 Å². The highest BCUT2D eigenvalue weighted by Gasteiger charge is 2.51. The van der Waals surface area contributed by atoms with Crippen LogP contribution in [0.2, 0.25) is 0 Å². The molecule has 0 saturated heterocycles. The molecule has 3 N–H and O–H groups in total. The van der Waals surface area contributed by atoms with Crippen molar-refractivity contribution in [1.82, 2.24) is 5.32 Å². The Bertz CT molecular complexity index is 930. The van der Waals surface area contributed by atoms with Crippen LogP contribution in [0.1, 0.15) is 72.2 Å². The van der Waals surface area contributed by atoms with Gasteiger partial charge in [0.05, 0.1) is 17.4 Å². The lowest BCUT2D eigenvalue weighted by atomic mass is 9.82. The van der Waals surface area contributed by atoms with Crippen LogP contribution in [0.4, 0.5) is 5.00 Å². The molecule has 5 rings (SSSR count). The number of rotatable bonds is 5. The largest absolute Gasteiger partial charge is 0.481 e. The molecule has 0 radical (unpaired) electrons. The average molecular weight is 443 g/mol. The number of carboxylic acid groups (broad SMARTS) is 1. The number of anilines is 1. The summed E-state index contributed by atoms with van der Waals surface area (Å²) in [5, 5.41) is 16.6. The summed E-state index contributed by atoms with van der Waals surface area (Å²) in [4.78, 5) is 39.6. The lowest BCUT2D eigenvalue weighted by molar-refractivity contribution is -0.146. The Morgan fingerprint density at radius 1 is 0.935 bits per heavy atom. The Kier molecular flexibility index (Phi) is 5.63. The van der Waals surface area contributed by atoms with E-state index in [1.165, 1.54) is 22.6 Å². The highest BCUT2D eigenvalue weighted by atomic mass is 32.1. The van der Waals surface area contributed by atoms with E-state index in [1.807, 2.05) is 12.2 Å². The number of carbonyl (C=O) groups is 3. The predicted octanol–water partition coefficient (Wildman–Crippen LogP) is 4.15. The van der Waals surface area contributed by atoms with Gasteiger partial charge in [0.1, 0.15) is 5.00 Å². The quantitative estimate of drug-likeness (QED) is 0.597. The maximum absolute atomic E-state index is 13.3. The van der Waals surface area contributed by atoms with Gasteiger partial charge in [-0.15, -0.1) is 11.3 Å². The smallest absolute Gasteiger partial charge is 0.307 e. The third-order valence-corrected chi connectivity index (χ3v) is 8.83. The molecule has 4 atom stereocenters. The zero-order valence-electron chi connectivity index (χ0n) is 17.7. The monoisotopic (exact) mass is 442 g/mol. The van der Waals surface area contributed by atoms with E-state index in [0.717, 1.165) is 63.4 Å². The Balaban J connectivity index is 1.40. The molecular weight excluding hydrogens is 412 g/mol. The number of aryl methyl sites for hydroxylation is 1. The SMILES string of the molecule is O=C(NC1CCCCC1)c1c(NC(=O)[C@@H]2[C@H](C(=O)O)[C@@H]3C=C[C@H]2C3)sc2c1CCCC2. The number of aliphatic carboxylic acids is 1. The molecule has 6 nitrogen and oxygen atoms in total. The summed E-state index contributed by atoms with van der Waals surface area (Å²) in [6.07, 6.45) is 14.2. The fourth-order valence-corrected chi connectivity index (χ4v) is 7.40. The lowest BCUT2D eigenvalue weighted by Gasteiger charge is -2.25. The molecule has 2 bridgehead atoms. The number of thiophene rings is 1. The molecule has 1 aromatic rings. The van der Waals surface area contributed by atoms with E-state index in [4.69, 9.17) is 0 Å². The molecule has 31 heavy (non-hydrogen) atoms. The van der Waals surface area contributed by atoms with Crippen LogP contribution in [-0.4, -0.2) is 28.9 Å². The molecule has 2 amide bonds. The van der Waals surface area contributed by atoms with Crippen LogP contribution in [0.15, 0.2) is 12.2 Å². The highest BCUT2D eigenvalue weighted by Crippen LogP contribution is 2.49. The Hall–Kier alpha value is -2.15. The van der Waals surface area contributed by atoms with E-state index in [2.05, 4.69) is 10.6 Å². The molecule has 7 heteroatoms. The second-order valence-corrected chi connectivity index (χ2v) is 10.7. The van der Waals surface area contributed by atoms with Crippen molar-refractivity contribution in [3.05, 3.63) is 28.2 Å². The Morgan fingerprint density at radius 3 is 2.39 bits per heavy atom. The molecular formula is C24H30N2O4S. The van der Waals surface area contributed by atoms with Crippen molar-refractivity contribution in [2.24, 2.45) is 23.7 Å². The zero-order chi connectivity index (χ0) is 21.5. The normalized spacial score (nSPS) is 29.5. The van der Waals surface area contributed by atoms with Crippen molar-refractivity contribution < 1.29 is 19.5 Å². The van der Waals surface area contributed by atoms with Gasteiger partial charge in [0.15, 0.2) is 0 Å². The first kappa shape index (κ1) is 20.7. The summed E-state index contributed by atoms with van der Waals surface area (Å²) < 4.78 is 0. The maximum Gasteiger partial charge on any atom is 0.307 e. The minimum atomic E-state index is -0.905. The van der Waals surface area contributed by atoms with Crippen molar-refractivity contribution >= 4 is 34.1 Å². The van der Waals surface area contributed by atoms with Crippen molar-refractivity contribution in [1.29, 1.82) is 0 Å². The van der Waals surface area contributed by atoms with Crippen LogP contribution in [0.3, 0.4) is 0 Å². The van der Waals surface area contributed by atoms with E-state index >= 15 is 0 Å². The second kappa shape index (κ2) is 8.41. The van der Waals surface area contributed by atoms with E-state index in [1.54, 1.807) is 0 Å². The van der Waals surface area contributed by atoms with Gasteiger partial charge in [-0.1, -0.05) is 31.4 Å². The van der Waals surface area contributed by atoms with Crippen LogP contribution in [-0.2, 0) is 22.4 Å². The van der Waals surface area contributed by atoms with Crippen molar-refractivity contribution in [2.45, 2.75) is 70.3 Å². The first-order valence-electron chi connectivity index (χ1n) is 11.7. The molecule has 4 aliphatic rings. The minimum absolute atomic E-state index is 0.0276. The molecule has 0 unspecified atom stereocenters. The molecule has 0 aliphatic heterocycles. The lowest BCUT2D eigenvalue weighted by Crippen LogP contribution is -2.38. The first-order chi connectivity index (χ1) is 15.0. The number of hydrogen-bond acceptors (Lipinski definition) is 4. The number of carbonyl (C=O) groups excluding carboxylic acids is 2. The summed E-state index contributed by atoms with van der Waals surface area (Å²) in [5.41, 5.74) is 1.71. The highest BCUT2D eigenvalue weighted by molar-refractivity contribution is 7.17. The summed E-state index contributed by atoms with van der Waals surface area (Å²) in [6.45, 7) is 0. The van der Waals surface area contributed by atoms with Crippen LogP contribution in [0.5, 0.6) is 0 Å². The van der Waals surface area contributed by atoms with Gasteiger partial charge in [-0.05, 0) is 62.3 Å². The van der Waals surface area contributed by atoms with Crippen LogP contribution in [0, 0.1) is 23.7 Å². The van der Waals surface area contributed by atoms with Gasteiger partial charge in [0.2, 0.25) is 5.91 Å². The Morgan fingerprint density at radius 2 is 1.65 bits per heavy atom. The van der Waals surface area contributed by atoms with E-state index < -0.39 is 17.8 Å². The number of fused-ring (bicyclic) bond motifs is 3. The molecule has 0 aromatic carbocycles. The summed E-state index contributed by atoms with van der Waals surface area (Å²) in [5.74, 6) is -2.58. The molecule has 4 aliphatic carbocycles. The fourth-order valence-electron chi connectivity index (χ4n) is 6.11. The van der Waals surface area contributed by atoms with Crippen LogP contribution < -0.4 is 10.6 Å². The first-order valence-corrected chi connectivity index (χ1v) is 12.5. The molecule has 1 heterocycles. The average Bonchev–Trinajstić information content (AvgIpc) is 3.46. The van der Waals surface area contributed by atoms with Gasteiger partial charge >= 0.3 is 5.97 Å². The number of allylic oxidation sites excluding steroid dienone is 2. The Labute approximate surface area is 186 Å². The van der Waals surface area contributed by atoms with Gasteiger partial charge < -0.3 is 15.7 Å². The number of nitrogens with one attached hydrogen (secondary N) is 2. The standard InChI is InChI=1S/C24H30N2O4S/c27-21(18-13-10-11-14(12-13)19(18)24(29)30)26-23-20(16-8-4-5-9-17(16)31-23)22(28)25-15-6-2-1-3-7-15/h10-11,13-15,18-19H,1-9,12H2,(H,25,28)(H,26,27)(H,29,30)/t13-,14+,18-,19+/m0/s1. The van der Waals surface area contributed by atoms with Crippen molar-refractivity contribution in [2.75, 3.05) is 5.32 Å². The van der Waals surface area contributed by atoms with E-state index in [9.17, 15) is 19.5 Å². The molecule has 1 aromatic heterocycles. The molecule has 2 fully saturated rings. The topological polar surface area (TPSA) is 95.5 Å². The third kappa shape index (κ3) is 3.81. The van der Waals surface area contributed by atoms with Crippen molar-refractivity contribution in [3.8, 4) is 0 Å². The number of hydrogen-bond donors (Lipinski definition) is 3. The minimum Gasteiger partial charge on any atom is -0.481 e. The van der Waals surface area contributed by atoms with Gasteiger partial charge in [-0.25, -0.2) is 0 Å². The predicted molar refractivity (Wildman–Crippen MR) is 119 cm³/mol. The van der Waals surface area contributed by atoms with Crippen molar-refractivity contribution in [3.63, 3.8) is 0 Å². The molecule has 166 valence electrons. The van der Waals surface area contributed by atoms with Crippen LogP contribution >= 0.6 is 11.3 Å². The van der Waals surface area contributed by atoms with Gasteiger partial charge in [0, 0.05) is 10.9 Å². The summed E-state index contributed by atoms with van der Waals surface area (Å²) in [7, 11) is 0. The number of carboxylic acids is 1. The summed E-state index contributed by atoms with van der Waals surface area (Å²) >= 11 is 1.51. The number of amides is 2.